The van der Waals surface area contributed by atoms with Gasteiger partial charge in [0.05, 0.1) is 5.38 Å². The molecule has 2 heterocycles. The van der Waals surface area contributed by atoms with Crippen LogP contribution < -0.4 is 0 Å². The molecule has 0 aliphatic rings. The number of nitrogens with zero attached hydrogens (tertiary/aromatic N) is 2. The second-order valence-electron chi connectivity index (χ2n) is 3.05. The minimum atomic E-state index is 0.0488. The summed E-state index contributed by atoms with van der Waals surface area (Å²) in [5.74, 6) is 0.0488. The van der Waals surface area contributed by atoms with E-state index in [2.05, 4.69) is 9.97 Å². The monoisotopic (exact) mass is 218 g/mol. The molecule has 0 bridgehead atoms. The Kier molecular flexibility index (Phi) is 1.72. The largest absolute Gasteiger partial charge is 0.493 e. The maximum atomic E-state index is 9.15. The zero-order valence-corrected chi connectivity index (χ0v) is 8.36. The Balaban J connectivity index is 2.18. The van der Waals surface area contributed by atoms with Gasteiger partial charge in [0, 0.05) is 5.56 Å². The molecular formula is C10H6N2O2S. The van der Waals surface area contributed by atoms with Crippen LogP contribution >= 0.6 is 11.3 Å². The molecule has 3 aromatic rings. The summed E-state index contributed by atoms with van der Waals surface area (Å²) in [6.45, 7) is 0. The van der Waals surface area contributed by atoms with Crippen LogP contribution in [0.3, 0.4) is 0 Å². The summed E-state index contributed by atoms with van der Waals surface area (Å²) in [7, 11) is 0. The van der Waals surface area contributed by atoms with Crippen molar-refractivity contribution < 1.29 is 9.52 Å². The van der Waals surface area contributed by atoms with Crippen molar-refractivity contribution in [1.29, 1.82) is 0 Å². The van der Waals surface area contributed by atoms with E-state index in [0.717, 1.165) is 21.7 Å². The highest BCUT2D eigenvalue weighted by molar-refractivity contribution is 7.13. The van der Waals surface area contributed by atoms with E-state index in [1.165, 1.54) is 17.7 Å². The number of aromatic hydroxyl groups is 1. The molecule has 2 aromatic heterocycles. The molecule has 1 N–H and O–H groups in total. The second kappa shape index (κ2) is 3.06. The number of thiazole rings is 1. The number of rotatable bonds is 1. The third kappa shape index (κ3) is 1.37. The molecule has 0 saturated carbocycles. The Hall–Kier alpha value is -1.88. The Morgan fingerprint density at radius 3 is 3.07 bits per heavy atom. The highest BCUT2D eigenvalue weighted by Crippen LogP contribution is 2.28. The Bertz CT molecular complexity index is 614. The average molecular weight is 218 g/mol. The standard InChI is InChI=1S/C10H6N2O2S/c13-9-4-15-10(12-9)6-1-2-7-8(3-6)14-5-11-7/h1-5,13H. The summed E-state index contributed by atoms with van der Waals surface area (Å²) in [5.41, 5.74) is 2.46. The first kappa shape index (κ1) is 8.43. The van der Waals surface area contributed by atoms with Crippen molar-refractivity contribution >= 4 is 22.4 Å². The van der Waals surface area contributed by atoms with Gasteiger partial charge in [0.25, 0.3) is 0 Å². The molecule has 0 spiro atoms. The van der Waals surface area contributed by atoms with Gasteiger partial charge < -0.3 is 9.52 Å². The van der Waals surface area contributed by atoms with E-state index in [9.17, 15) is 0 Å². The highest BCUT2D eigenvalue weighted by atomic mass is 32.1. The molecule has 4 nitrogen and oxygen atoms in total. The summed E-state index contributed by atoms with van der Waals surface area (Å²) in [4.78, 5) is 8.01. The van der Waals surface area contributed by atoms with Crippen molar-refractivity contribution in [3.05, 3.63) is 30.0 Å². The minimum absolute atomic E-state index is 0.0488. The average Bonchev–Trinajstić information content (AvgIpc) is 2.84. The van der Waals surface area contributed by atoms with Crippen LogP contribution in [0.1, 0.15) is 0 Å². The third-order valence-electron chi connectivity index (χ3n) is 2.07. The van der Waals surface area contributed by atoms with Crippen molar-refractivity contribution in [2.45, 2.75) is 0 Å². The molecule has 0 fully saturated rings. The molecule has 0 radical (unpaired) electrons. The van der Waals surface area contributed by atoms with Crippen molar-refractivity contribution in [2.24, 2.45) is 0 Å². The predicted octanol–water partition coefficient (Wildman–Crippen LogP) is 2.66. The first-order valence-corrected chi connectivity index (χ1v) is 5.19. The fraction of sp³-hybridized carbons (Fsp3) is 0. The summed E-state index contributed by atoms with van der Waals surface area (Å²) in [6, 6.07) is 5.64. The normalized spacial score (nSPS) is 10.9. The van der Waals surface area contributed by atoms with E-state index in [1.54, 1.807) is 5.38 Å². The molecule has 15 heavy (non-hydrogen) atoms. The van der Waals surface area contributed by atoms with Crippen molar-refractivity contribution in [3.8, 4) is 16.5 Å². The lowest BCUT2D eigenvalue weighted by Crippen LogP contribution is -1.75. The molecule has 0 amide bonds. The zero-order chi connectivity index (χ0) is 10.3. The number of hydrogen-bond acceptors (Lipinski definition) is 5. The van der Waals surface area contributed by atoms with E-state index >= 15 is 0 Å². The quantitative estimate of drug-likeness (QED) is 0.682. The van der Waals surface area contributed by atoms with Gasteiger partial charge in [0.1, 0.15) is 10.5 Å². The lowest BCUT2D eigenvalue weighted by atomic mass is 10.2. The maximum Gasteiger partial charge on any atom is 0.222 e. The number of aromatic nitrogens is 2. The summed E-state index contributed by atoms with van der Waals surface area (Å²) < 4.78 is 5.19. The van der Waals surface area contributed by atoms with E-state index in [-0.39, 0.29) is 5.88 Å². The molecule has 0 atom stereocenters. The van der Waals surface area contributed by atoms with Crippen LogP contribution in [0, 0.1) is 0 Å². The van der Waals surface area contributed by atoms with Gasteiger partial charge in [0.2, 0.25) is 5.88 Å². The third-order valence-corrected chi connectivity index (χ3v) is 2.95. The van der Waals surface area contributed by atoms with E-state index < -0.39 is 0 Å². The molecule has 1 aromatic carbocycles. The number of fused-ring (bicyclic) bond motifs is 1. The molecule has 0 unspecified atom stereocenters. The first-order chi connectivity index (χ1) is 7.33. The SMILES string of the molecule is Oc1csc(-c2ccc3ncoc3c2)n1. The van der Waals surface area contributed by atoms with Crippen LogP contribution in [0.2, 0.25) is 0 Å². The minimum Gasteiger partial charge on any atom is -0.493 e. The second-order valence-corrected chi connectivity index (χ2v) is 3.90. The molecule has 0 saturated heterocycles. The number of oxazole rings is 1. The summed E-state index contributed by atoms with van der Waals surface area (Å²) >= 11 is 1.39. The van der Waals surface area contributed by atoms with E-state index in [0.29, 0.717) is 0 Å². The molecular weight excluding hydrogens is 212 g/mol. The molecule has 74 valence electrons. The molecule has 5 heteroatoms. The molecule has 0 aliphatic carbocycles. The van der Waals surface area contributed by atoms with Gasteiger partial charge in [-0.2, -0.15) is 0 Å². The van der Waals surface area contributed by atoms with Crippen LogP contribution in [0.25, 0.3) is 21.7 Å². The van der Waals surface area contributed by atoms with Gasteiger partial charge in [-0.1, -0.05) is 0 Å². The Labute approximate surface area is 88.8 Å². The van der Waals surface area contributed by atoms with Crippen LogP contribution in [-0.4, -0.2) is 15.1 Å². The summed E-state index contributed by atoms with van der Waals surface area (Å²) in [5, 5.41) is 11.5. The van der Waals surface area contributed by atoms with Crippen LogP contribution in [0.5, 0.6) is 5.88 Å². The Morgan fingerprint density at radius 2 is 2.27 bits per heavy atom. The van der Waals surface area contributed by atoms with Gasteiger partial charge in [-0.3, -0.25) is 0 Å². The van der Waals surface area contributed by atoms with Crippen molar-refractivity contribution in [2.75, 3.05) is 0 Å². The topological polar surface area (TPSA) is 59.2 Å². The van der Waals surface area contributed by atoms with Gasteiger partial charge >= 0.3 is 0 Å². The fourth-order valence-corrected chi connectivity index (χ4v) is 2.07. The van der Waals surface area contributed by atoms with Gasteiger partial charge in [0.15, 0.2) is 12.0 Å². The van der Waals surface area contributed by atoms with Crippen molar-refractivity contribution in [1.82, 2.24) is 9.97 Å². The zero-order valence-electron chi connectivity index (χ0n) is 7.54. The fourth-order valence-electron chi connectivity index (χ4n) is 1.39. The van der Waals surface area contributed by atoms with Crippen molar-refractivity contribution in [3.63, 3.8) is 0 Å². The number of benzene rings is 1. The van der Waals surface area contributed by atoms with Gasteiger partial charge in [-0.05, 0) is 18.2 Å². The van der Waals surface area contributed by atoms with E-state index in [1.807, 2.05) is 18.2 Å². The van der Waals surface area contributed by atoms with Gasteiger partial charge in [-0.15, -0.1) is 11.3 Å². The maximum absolute atomic E-state index is 9.15. The molecule has 0 aliphatic heterocycles. The van der Waals surface area contributed by atoms with Crippen LogP contribution in [0.4, 0.5) is 0 Å². The van der Waals surface area contributed by atoms with E-state index in [4.69, 9.17) is 9.52 Å². The lowest BCUT2D eigenvalue weighted by Gasteiger charge is -1.94. The smallest absolute Gasteiger partial charge is 0.222 e. The first-order valence-electron chi connectivity index (χ1n) is 4.31. The van der Waals surface area contributed by atoms with Crippen LogP contribution in [0.15, 0.2) is 34.4 Å². The van der Waals surface area contributed by atoms with Gasteiger partial charge in [-0.25, -0.2) is 9.97 Å². The lowest BCUT2D eigenvalue weighted by molar-refractivity contribution is 0.458. The highest BCUT2D eigenvalue weighted by Gasteiger charge is 2.06. The number of hydrogen-bond donors (Lipinski definition) is 1. The summed E-state index contributed by atoms with van der Waals surface area (Å²) in [6.07, 6.45) is 1.41. The predicted molar refractivity (Wildman–Crippen MR) is 56.8 cm³/mol. The van der Waals surface area contributed by atoms with Crippen LogP contribution in [-0.2, 0) is 0 Å². The molecule has 3 rings (SSSR count). The Morgan fingerprint density at radius 1 is 1.33 bits per heavy atom.